The van der Waals surface area contributed by atoms with Crippen LogP contribution in [0.2, 0.25) is 12.6 Å². The SMILES string of the molecule is CBC1CCCCC(C23CC(NC(=O)COC4CCCCCCCC4)(C2)C3)CCC1. The fourth-order valence-electron chi connectivity index (χ4n) is 7.51. The van der Waals surface area contributed by atoms with Crippen LogP contribution in [0.4, 0.5) is 0 Å². The highest BCUT2D eigenvalue weighted by molar-refractivity contribution is 6.35. The molecule has 0 aromatic carbocycles. The molecule has 2 unspecified atom stereocenters. The van der Waals surface area contributed by atoms with Gasteiger partial charge in [0.2, 0.25) is 5.91 Å². The van der Waals surface area contributed by atoms with Crippen molar-refractivity contribution in [2.45, 2.75) is 140 Å². The molecule has 5 fully saturated rings. The molecule has 1 N–H and O–H groups in total. The highest BCUT2D eigenvalue weighted by Gasteiger charge is 2.70. The van der Waals surface area contributed by atoms with E-state index in [2.05, 4.69) is 12.1 Å². The molecule has 5 rings (SSSR count). The van der Waals surface area contributed by atoms with Gasteiger partial charge in [0.05, 0.1) is 6.10 Å². The van der Waals surface area contributed by atoms with Gasteiger partial charge in [0, 0.05) is 5.54 Å². The minimum atomic E-state index is 0.142. The van der Waals surface area contributed by atoms with E-state index in [1.165, 1.54) is 110 Å². The lowest BCUT2D eigenvalue weighted by atomic mass is 9.35. The predicted molar refractivity (Wildman–Crippen MR) is 126 cm³/mol. The van der Waals surface area contributed by atoms with Crippen molar-refractivity contribution in [3.8, 4) is 0 Å². The van der Waals surface area contributed by atoms with Crippen molar-refractivity contribution in [2.75, 3.05) is 6.61 Å². The highest BCUT2D eigenvalue weighted by Crippen LogP contribution is 2.72. The zero-order chi connectivity index (χ0) is 20.9. The van der Waals surface area contributed by atoms with Gasteiger partial charge in [-0.25, -0.2) is 0 Å². The van der Waals surface area contributed by atoms with Crippen LogP contribution < -0.4 is 5.32 Å². The molecule has 0 radical (unpaired) electrons. The Hall–Kier alpha value is -0.505. The van der Waals surface area contributed by atoms with E-state index in [0.717, 1.165) is 24.6 Å². The van der Waals surface area contributed by atoms with Gasteiger partial charge >= 0.3 is 0 Å². The topological polar surface area (TPSA) is 38.3 Å². The van der Waals surface area contributed by atoms with Gasteiger partial charge in [0.15, 0.2) is 0 Å². The molecule has 1 amide bonds. The summed E-state index contributed by atoms with van der Waals surface area (Å²) in [6.07, 6.45) is 24.3. The van der Waals surface area contributed by atoms with Gasteiger partial charge < -0.3 is 10.1 Å². The largest absolute Gasteiger partial charge is 0.368 e. The summed E-state index contributed by atoms with van der Waals surface area (Å²) in [5.41, 5.74) is 0.723. The fraction of sp³-hybridized carbons (Fsp3) is 0.962. The van der Waals surface area contributed by atoms with E-state index in [9.17, 15) is 4.79 Å². The van der Waals surface area contributed by atoms with Gasteiger partial charge in [-0.3, -0.25) is 4.79 Å². The Morgan fingerprint density at radius 2 is 1.40 bits per heavy atom. The normalized spacial score (nSPS) is 38.3. The number of hydrogen-bond acceptors (Lipinski definition) is 2. The average Bonchev–Trinajstić information content (AvgIpc) is 2.89. The van der Waals surface area contributed by atoms with Crippen molar-refractivity contribution in [2.24, 2.45) is 11.3 Å². The third-order valence-electron chi connectivity index (χ3n) is 9.25. The quantitative estimate of drug-likeness (QED) is 0.526. The first-order valence-electron chi connectivity index (χ1n) is 13.6. The summed E-state index contributed by atoms with van der Waals surface area (Å²) in [7, 11) is 1.37. The molecule has 0 saturated heterocycles. The van der Waals surface area contributed by atoms with Crippen molar-refractivity contribution < 1.29 is 9.53 Å². The van der Waals surface area contributed by atoms with Gasteiger partial charge in [0.25, 0.3) is 0 Å². The van der Waals surface area contributed by atoms with Gasteiger partial charge in [-0.2, -0.15) is 0 Å². The minimum Gasteiger partial charge on any atom is -0.368 e. The number of carbonyl (C=O) groups excluding carboxylic acids is 1. The van der Waals surface area contributed by atoms with Crippen LogP contribution in [0.5, 0.6) is 0 Å². The number of hydrogen-bond donors (Lipinski definition) is 1. The number of carbonyl (C=O) groups is 1. The van der Waals surface area contributed by atoms with E-state index in [4.69, 9.17) is 4.74 Å². The van der Waals surface area contributed by atoms with Crippen LogP contribution in [0.25, 0.3) is 0 Å². The second-order valence-corrected chi connectivity index (χ2v) is 11.5. The van der Waals surface area contributed by atoms with Crippen molar-refractivity contribution in [3.63, 3.8) is 0 Å². The van der Waals surface area contributed by atoms with E-state index in [-0.39, 0.29) is 18.1 Å². The van der Waals surface area contributed by atoms with Crippen LogP contribution in [0.3, 0.4) is 0 Å². The third-order valence-corrected chi connectivity index (χ3v) is 9.25. The van der Waals surface area contributed by atoms with Crippen LogP contribution in [-0.4, -0.2) is 31.4 Å². The van der Waals surface area contributed by atoms with Gasteiger partial charge in [0.1, 0.15) is 13.9 Å². The Balaban J connectivity index is 1.17. The molecule has 0 aromatic heterocycles. The minimum absolute atomic E-state index is 0.142. The predicted octanol–water partition coefficient (Wildman–Crippen LogP) is 6.18. The summed E-state index contributed by atoms with van der Waals surface area (Å²) in [6.45, 7) is 2.65. The molecule has 3 nitrogen and oxygen atoms in total. The van der Waals surface area contributed by atoms with E-state index in [0.29, 0.717) is 11.5 Å². The second kappa shape index (κ2) is 10.4. The molecule has 4 heteroatoms. The summed E-state index contributed by atoms with van der Waals surface area (Å²) < 4.78 is 6.06. The summed E-state index contributed by atoms with van der Waals surface area (Å²) in [5.74, 6) is 2.04. The molecule has 0 aromatic rings. The molecule has 170 valence electrons. The molecular formula is C26H46BNO2. The molecule has 2 atom stereocenters. The maximum absolute atomic E-state index is 12.6. The maximum atomic E-state index is 12.6. The summed E-state index contributed by atoms with van der Waals surface area (Å²) in [6, 6.07) is 0. The summed E-state index contributed by atoms with van der Waals surface area (Å²) in [5, 5.41) is 3.40. The van der Waals surface area contributed by atoms with Crippen LogP contribution in [0, 0.1) is 11.3 Å². The lowest BCUT2D eigenvalue weighted by molar-refractivity contribution is -0.198. The van der Waals surface area contributed by atoms with E-state index < -0.39 is 0 Å². The zero-order valence-corrected chi connectivity index (χ0v) is 19.7. The molecule has 5 saturated carbocycles. The molecule has 2 bridgehead atoms. The lowest BCUT2D eigenvalue weighted by Gasteiger charge is -2.73. The van der Waals surface area contributed by atoms with E-state index in [1.807, 2.05) is 0 Å². The van der Waals surface area contributed by atoms with Crippen molar-refractivity contribution in [1.29, 1.82) is 0 Å². The standard InChI is InChI=1S/C26H46BNO2/c1-27-22-13-9-8-11-21(12-10-14-22)25-18-26(19-25,20-25)28-24(29)17-30-23-15-6-4-2-3-5-7-16-23/h21-23,27H,2-20H2,1H3,(H,28,29). The Labute approximate surface area is 186 Å². The molecule has 0 spiro atoms. The second-order valence-electron chi connectivity index (χ2n) is 11.5. The van der Waals surface area contributed by atoms with Crippen LogP contribution in [-0.2, 0) is 9.53 Å². The summed E-state index contributed by atoms with van der Waals surface area (Å²) >= 11 is 0. The van der Waals surface area contributed by atoms with Crippen LogP contribution in [0.1, 0.15) is 116 Å². The van der Waals surface area contributed by atoms with Crippen molar-refractivity contribution >= 4 is 13.2 Å². The Morgan fingerprint density at radius 1 is 0.833 bits per heavy atom. The highest BCUT2D eigenvalue weighted by atomic mass is 16.5. The van der Waals surface area contributed by atoms with Gasteiger partial charge in [-0.15, -0.1) is 0 Å². The van der Waals surface area contributed by atoms with Crippen molar-refractivity contribution in [1.82, 2.24) is 5.32 Å². The van der Waals surface area contributed by atoms with Gasteiger partial charge in [-0.05, 0) is 56.3 Å². The first kappa shape index (κ1) is 22.7. The zero-order valence-electron chi connectivity index (χ0n) is 19.7. The first-order valence-corrected chi connectivity index (χ1v) is 13.6. The average molecular weight is 415 g/mol. The van der Waals surface area contributed by atoms with Crippen LogP contribution in [0.15, 0.2) is 0 Å². The number of ether oxygens (including phenoxy) is 1. The molecule has 30 heavy (non-hydrogen) atoms. The number of nitrogens with one attached hydrogen (secondary N) is 1. The molecular weight excluding hydrogens is 369 g/mol. The number of rotatable bonds is 6. The van der Waals surface area contributed by atoms with Crippen LogP contribution >= 0.6 is 0 Å². The fourth-order valence-corrected chi connectivity index (χ4v) is 7.51. The lowest BCUT2D eigenvalue weighted by Crippen LogP contribution is -2.76. The smallest absolute Gasteiger partial charge is 0.246 e. The van der Waals surface area contributed by atoms with E-state index in [1.54, 1.807) is 0 Å². The summed E-state index contributed by atoms with van der Waals surface area (Å²) in [4.78, 5) is 12.6. The Bertz CT molecular complexity index is 535. The number of amides is 1. The third kappa shape index (κ3) is 5.45. The molecule has 5 aliphatic carbocycles. The first-order chi connectivity index (χ1) is 14.6. The van der Waals surface area contributed by atoms with Gasteiger partial charge in [-0.1, -0.05) is 83.3 Å². The van der Waals surface area contributed by atoms with Crippen molar-refractivity contribution in [3.05, 3.63) is 0 Å². The Morgan fingerprint density at radius 3 is 2.10 bits per heavy atom. The Kier molecular flexibility index (Phi) is 7.87. The van der Waals surface area contributed by atoms with E-state index >= 15 is 0 Å². The molecule has 0 aliphatic heterocycles. The molecule has 5 aliphatic rings. The maximum Gasteiger partial charge on any atom is 0.246 e. The monoisotopic (exact) mass is 415 g/mol. The molecule has 0 heterocycles.